The van der Waals surface area contributed by atoms with Gasteiger partial charge in [-0.05, 0) is 12.0 Å². The van der Waals surface area contributed by atoms with Crippen molar-refractivity contribution in [3.05, 3.63) is 35.9 Å². The Hall–Kier alpha value is -1.35. The first-order chi connectivity index (χ1) is 6.68. The molecule has 0 amide bonds. The third-order valence-electron chi connectivity index (χ3n) is 1.84. The van der Waals surface area contributed by atoms with Crippen molar-refractivity contribution in [2.75, 3.05) is 6.61 Å². The standard InChI is InChI=1S/C11H15NO2/c1-9(13)14-8-11(12)7-10-5-3-2-4-6-10/h2-6,11H,7-8,12H2,1H3/t11-/m1/s1. The van der Waals surface area contributed by atoms with E-state index in [4.69, 9.17) is 10.5 Å². The predicted octanol–water partition coefficient (Wildman–Crippen LogP) is 1.12. The Labute approximate surface area is 83.9 Å². The van der Waals surface area contributed by atoms with Gasteiger partial charge in [-0.25, -0.2) is 0 Å². The van der Waals surface area contributed by atoms with Gasteiger partial charge < -0.3 is 10.5 Å². The highest BCUT2D eigenvalue weighted by atomic mass is 16.5. The molecule has 0 heterocycles. The Morgan fingerprint density at radius 1 is 1.43 bits per heavy atom. The van der Waals surface area contributed by atoms with Gasteiger partial charge in [0.1, 0.15) is 6.61 Å². The van der Waals surface area contributed by atoms with Crippen molar-refractivity contribution in [2.24, 2.45) is 5.73 Å². The first kappa shape index (κ1) is 10.7. The van der Waals surface area contributed by atoms with Crippen LogP contribution in [0, 0.1) is 0 Å². The Balaban J connectivity index is 2.34. The fraction of sp³-hybridized carbons (Fsp3) is 0.364. The van der Waals surface area contributed by atoms with Crippen molar-refractivity contribution in [1.29, 1.82) is 0 Å². The van der Waals surface area contributed by atoms with Crippen molar-refractivity contribution in [1.82, 2.24) is 0 Å². The molecule has 1 rings (SSSR count). The Kier molecular flexibility index (Phi) is 4.13. The highest BCUT2D eigenvalue weighted by Crippen LogP contribution is 2.01. The lowest BCUT2D eigenvalue weighted by molar-refractivity contribution is -0.141. The van der Waals surface area contributed by atoms with Crippen molar-refractivity contribution < 1.29 is 9.53 Å². The van der Waals surface area contributed by atoms with E-state index in [1.54, 1.807) is 0 Å². The summed E-state index contributed by atoms with van der Waals surface area (Å²) in [4.78, 5) is 10.5. The van der Waals surface area contributed by atoms with E-state index < -0.39 is 0 Å². The van der Waals surface area contributed by atoms with Gasteiger partial charge in [-0.1, -0.05) is 30.3 Å². The van der Waals surface area contributed by atoms with E-state index in [1.165, 1.54) is 6.92 Å². The number of benzene rings is 1. The fourth-order valence-electron chi connectivity index (χ4n) is 1.20. The van der Waals surface area contributed by atoms with Crippen LogP contribution in [0.3, 0.4) is 0 Å². The number of carbonyl (C=O) groups excluding carboxylic acids is 1. The summed E-state index contributed by atoms with van der Waals surface area (Å²) in [5.74, 6) is -0.284. The maximum Gasteiger partial charge on any atom is 0.302 e. The van der Waals surface area contributed by atoms with Crippen LogP contribution in [-0.2, 0) is 16.0 Å². The largest absolute Gasteiger partial charge is 0.464 e. The molecule has 76 valence electrons. The minimum absolute atomic E-state index is 0.124. The minimum Gasteiger partial charge on any atom is -0.464 e. The molecule has 1 aromatic carbocycles. The molecule has 0 fully saturated rings. The molecule has 0 aromatic heterocycles. The molecule has 1 aromatic rings. The number of ether oxygens (including phenoxy) is 1. The highest BCUT2D eigenvalue weighted by molar-refractivity contribution is 5.65. The van der Waals surface area contributed by atoms with E-state index in [9.17, 15) is 4.79 Å². The quantitative estimate of drug-likeness (QED) is 0.729. The van der Waals surface area contributed by atoms with E-state index in [1.807, 2.05) is 30.3 Å². The predicted molar refractivity (Wildman–Crippen MR) is 54.8 cm³/mol. The molecule has 2 N–H and O–H groups in total. The van der Waals surface area contributed by atoms with Crippen molar-refractivity contribution >= 4 is 5.97 Å². The smallest absolute Gasteiger partial charge is 0.302 e. The topological polar surface area (TPSA) is 52.3 Å². The molecule has 3 nitrogen and oxygen atoms in total. The van der Waals surface area contributed by atoms with Crippen LogP contribution in [0.4, 0.5) is 0 Å². The third kappa shape index (κ3) is 4.05. The zero-order valence-electron chi connectivity index (χ0n) is 8.27. The summed E-state index contributed by atoms with van der Waals surface area (Å²) in [7, 11) is 0. The van der Waals surface area contributed by atoms with E-state index in [0.717, 1.165) is 12.0 Å². The molecular weight excluding hydrogens is 178 g/mol. The molecule has 14 heavy (non-hydrogen) atoms. The van der Waals surface area contributed by atoms with Gasteiger partial charge in [0.15, 0.2) is 0 Å². The first-order valence-electron chi connectivity index (χ1n) is 4.61. The summed E-state index contributed by atoms with van der Waals surface area (Å²) in [6.45, 7) is 1.67. The van der Waals surface area contributed by atoms with Gasteiger partial charge in [-0.15, -0.1) is 0 Å². The minimum atomic E-state index is -0.284. The van der Waals surface area contributed by atoms with E-state index in [-0.39, 0.29) is 18.6 Å². The second kappa shape index (κ2) is 5.40. The van der Waals surface area contributed by atoms with Gasteiger partial charge in [-0.3, -0.25) is 4.79 Å². The number of rotatable bonds is 4. The zero-order valence-corrected chi connectivity index (χ0v) is 8.27. The van der Waals surface area contributed by atoms with Crippen molar-refractivity contribution in [3.63, 3.8) is 0 Å². The Bertz CT molecular complexity index is 285. The monoisotopic (exact) mass is 193 g/mol. The lowest BCUT2D eigenvalue weighted by Crippen LogP contribution is -2.29. The molecular formula is C11H15NO2. The summed E-state index contributed by atoms with van der Waals surface area (Å²) >= 11 is 0. The first-order valence-corrected chi connectivity index (χ1v) is 4.61. The van der Waals surface area contributed by atoms with Gasteiger partial charge in [0.25, 0.3) is 0 Å². The third-order valence-corrected chi connectivity index (χ3v) is 1.84. The Morgan fingerprint density at radius 2 is 2.07 bits per heavy atom. The number of carbonyl (C=O) groups is 1. The molecule has 0 saturated heterocycles. The van der Waals surface area contributed by atoms with E-state index in [0.29, 0.717) is 0 Å². The van der Waals surface area contributed by atoms with Crippen LogP contribution in [0.25, 0.3) is 0 Å². The lowest BCUT2D eigenvalue weighted by Gasteiger charge is -2.10. The summed E-state index contributed by atoms with van der Waals surface area (Å²) in [6.07, 6.45) is 0.730. The average Bonchev–Trinajstić information content (AvgIpc) is 2.16. The molecule has 0 spiro atoms. The number of hydrogen-bond acceptors (Lipinski definition) is 3. The van der Waals surface area contributed by atoms with Crippen molar-refractivity contribution in [3.8, 4) is 0 Å². The van der Waals surface area contributed by atoms with Gasteiger partial charge in [-0.2, -0.15) is 0 Å². The molecule has 0 bridgehead atoms. The second-order valence-electron chi connectivity index (χ2n) is 3.25. The van der Waals surface area contributed by atoms with Gasteiger partial charge >= 0.3 is 5.97 Å². The fourth-order valence-corrected chi connectivity index (χ4v) is 1.20. The lowest BCUT2D eigenvalue weighted by atomic mass is 10.1. The molecule has 0 radical (unpaired) electrons. The normalized spacial score (nSPS) is 12.1. The van der Waals surface area contributed by atoms with Gasteiger partial charge in [0.2, 0.25) is 0 Å². The molecule has 3 heteroatoms. The maximum absolute atomic E-state index is 10.5. The summed E-state index contributed by atoms with van der Waals surface area (Å²) < 4.78 is 4.81. The zero-order chi connectivity index (χ0) is 10.4. The van der Waals surface area contributed by atoms with Crippen molar-refractivity contribution in [2.45, 2.75) is 19.4 Å². The van der Waals surface area contributed by atoms with Gasteiger partial charge in [0.05, 0.1) is 0 Å². The number of hydrogen-bond donors (Lipinski definition) is 1. The molecule has 0 aliphatic carbocycles. The number of nitrogens with two attached hydrogens (primary N) is 1. The SMILES string of the molecule is CC(=O)OC[C@H](N)Cc1ccccc1. The van der Waals surface area contributed by atoms with E-state index in [2.05, 4.69) is 0 Å². The molecule has 0 aliphatic heterocycles. The Morgan fingerprint density at radius 3 is 2.64 bits per heavy atom. The van der Waals surface area contributed by atoms with Crippen LogP contribution in [0.1, 0.15) is 12.5 Å². The maximum atomic E-state index is 10.5. The molecule has 1 atom stereocenters. The van der Waals surface area contributed by atoms with Crippen LogP contribution in [0.5, 0.6) is 0 Å². The van der Waals surface area contributed by atoms with Crippen LogP contribution in [0.15, 0.2) is 30.3 Å². The second-order valence-corrected chi connectivity index (χ2v) is 3.25. The van der Waals surface area contributed by atoms with Crippen LogP contribution in [0.2, 0.25) is 0 Å². The number of esters is 1. The van der Waals surface area contributed by atoms with Crippen LogP contribution >= 0.6 is 0 Å². The van der Waals surface area contributed by atoms with Crippen LogP contribution < -0.4 is 5.73 Å². The molecule has 0 saturated carbocycles. The van der Waals surface area contributed by atoms with E-state index >= 15 is 0 Å². The summed E-state index contributed by atoms with van der Waals surface area (Å²) in [6, 6.07) is 9.78. The average molecular weight is 193 g/mol. The summed E-state index contributed by atoms with van der Waals surface area (Å²) in [5, 5.41) is 0. The summed E-state index contributed by atoms with van der Waals surface area (Å²) in [5.41, 5.74) is 6.94. The van der Waals surface area contributed by atoms with Gasteiger partial charge in [0, 0.05) is 13.0 Å². The molecule has 0 unspecified atom stereocenters. The highest BCUT2D eigenvalue weighted by Gasteiger charge is 2.05. The van der Waals surface area contributed by atoms with Crippen LogP contribution in [-0.4, -0.2) is 18.6 Å². The molecule has 0 aliphatic rings.